The maximum Gasteiger partial charge on any atom is 0.343 e. The molecule has 3 aromatic carbocycles. The normalized spacial score (nSPS) is 11.0. The van der Waals surface area contributed by atoms with Crippen LogP contribution < -0.4 is 4.74 Å². The molecule has 0 bridgehead atoms. The first kappa shape index (κ1) is 16.5. The molecule has 0 aliphatic carbocycles. The molecule has 0 saturated heterocycles. The average Bonchev–Trinajstić information content (AvgIpc) is 2.68. The van der Waals surface area contributed by atoms with Crippen LogP contribution in [0.15, 0.2) is 90.1 Å². The zero-order valence-electron chi connectivity index (χ0n) is 13.8. The number of esters is 1. The van der Waals surface area contributed by atoms with Crippen LogP contribution in [0.1, 0.15) is 21.5 Å². The van der Waals surface area contributed by atoms with Crippen molar-refractivity contribution in [2.75, 3.05) is 7.11 Å². The molecule has 0 fully saturated rings. The van der Waals surface area contributed by atoms with Gasteiger partial charge in [-0.2, -0.15) is 0 Å². The highest BCUT2D eigenvalue weighted by Crippen LogP contribution is 2.23. The molecule has 0 spiro atoms. The van der Waals surface area contributed by atoms with Gasteiger partial charge in [0.25, 0.3) is 0 Å². The number of carbonyl (C=O) groups excluding carboxylic acids is 1. The Morgan fingerprint density at radius 3 is 1.96 bits per heavy atom. The fraction of sp³-hybridized carbons (Fsp3) is 0.0476. The van der Waals surface area contributed by atoms with Crippen LogP contribution in [0.5, 0.6) is 5.75 Å². The van der Waals surface area contributed by atoms with Gasteiger partial charge in [-0.3, -0.25) is 0 Å². The van der Waals surface area contributed by atoms with Gasteiger partial charge in [-0.15, -0.1) is 0 Å². The van der Waals surface area contributed by atoms with Gasteiger partial charge in [-0.25, -0.2) is 4.79 Å². The highest BCUT2D eigenvalue weighted by atomic mass is 16.6. The SMILES string of the molecule is CO/N=C(\c1ccccc1)c1ccccc1OC(=O)c1ccccc1. The quantitative estimate of drug-likeness (QED) is 0.303. The summed E-state index contributed by atoms with van der Waals surface area (Å²) in [5.41, 5.74) is 2.63. The van der Waals surface area contributed by atoms with Gasteiger partial charge in [0.2, 0.25) is 0 Å². The Morgan fingerprint density at radius 1 is 0.760 bits per heavy atom. The predicted octanol–water partition coefficient (Wildman–Crippen LogP) is 4.30. The molecule has 0 atom stereocenters. The van der Waals surface area contributed by atoms with E-state index in [4.69, 9.17) is 9.57 Å². The second-order valence-corrected chi connectivity index (χ2v) is 5.24. The van der Waals surface area contributed by atoms with Crippen molar-refractivity contribution in [2.24, 2.45) is 5.16 Å². The number of ether oxygens (including phenoxy) is 1. The van der Waals surface area contributed by atoms with E-state index in [2.05, 4.69) is 5.16 Å². The number of para-hydroxylation sites is 1. The Hall–Kier alpha value is -3.40. The summed E-state index contributed by atoms with van der Waals surface area (Å²) < 4.78 is 5.61. The molecule has 25 heavy (non-hydrogen) atoms. The van der Waals surface area contributed by atoms with E-state index in [0.29, 0.717) is 22.6 Å². The third kappa shape index (κ3) is 3.93. The van der Waals surface area contributed by atoms with Crippen molar-refractivity contribution in [1.82, 2.24) is 0 Å². The number of nitrogens with zero attached hydrogens (tertiary/aromatic N) is 1. The van der Waals surface area contributed by atoms with Crippen molar-refractivity contribution < 1.29 is 14.4 Å². The largest absolute Gasteiger partial charge is 0.422 e. The topological polar surface area (TPSA) is 47.9 Å². The second kappa shape index (κ2) is 7.93. The molecular weight excluding hydrogens is 314 g/mol. The van der Waals surface area contributed by atoms with E-state index in [0.717, 1.165) is 5.56 Å². The van der Waals surface area contributed by atoms with E-state index in [1.165, 1.54) is 7.11 Å². The summed E-state index contributed by atoms with van der Waals surface area (Å²) in [6, 6.07) is 25.7. The molecule has 0 aliphatic heterocycles. The third-order valence-corrected chi connectivity index (χ3v) is 3.58. The predicted molar refractivity (Wildman–Crippen MR) is 96.9 cm³/mol. The van der Waals surface area contributed by atoms with Gasteiger partial charge in [0.1, 0.15) is 18.6 Å². The highest BCUT2D eigenvalue weighted by molar-refractivity contribution is 6.14. The van der Waals surface area contributed by atoms with Crippen molar-refractivity contribution in [1.29, 1.82) is 0 Å². The van der Waals surface area contributed by atoms with Gasteiger partial charge in [0.15, 0.2) is 0 Å². The van der Waals surface area contributed by atoms with Gasteiger partial charge >= 0.3 is 5.97 Å². The van der Waals surface area contributed by atoms with Crippen LogP contribution in [-0.4, -0.2) is 18.8 Å². The molecular formula is C21H17NO3. The van der Waals surface area contributed by atoms with Crippen LogP contribution in [0.4, 0.5) is 0 Å². The van der Waals surface area contributed by atoms with Crippen molar-refractivity contribution in [3.63, 3.8) is 0 Å². The number of oxime groups is 1. The standard InChI is InChI=1S/C21H17NO3/c1-24-22-20(16-10-4-2-5-11-16)18-14-8-9-15-19(18)25-21(23)17-12-6-3-7-13-17/h2-15H,1H3/b22-20+. The van der Waals surface area contributed by atoms with Crippen LogP contribution >= 0.6 is 0 Å². The summed E-state index contributed by atoms with van der Waals surface area (Å²) in [7, 11) is 1.49. The minimum atomic E-state index is -0.419. The molecule has 4 heteroatoms. The zero-order chi connectivity index (χ0) is 17.5. The van der Waals surface area contributed by atoms with Gasteiger partial charge in [0.05, 0.1) is 5.56 Å². The lowest BCUT2D eigenvalue weighted by Crippen LogP contribution is -2.12. The summed E-state index contributed by atoms with van der Waals surface area (Å²) in [5, 5.41) is 4.13. The first-order chi connectivity index (χ1) is 12.3. The number of carbonyl (C=O) groups is 1. The fourth-order valence-corrected chi connectivity index (χ4v) is 2.43. The number of hydrogen-bond donors (Lipinski definition) is 0. The number of benzene rings is 3. The minimum absolute atomic E-state index is 0.419. The molecule has 3 aromatic rings. The Bertz CT molecular complexity index is 874. The maximum atomic E-state index is 12.4. The van der Waals surface area contributed by atoms with Gasteiger partial charge in [-0.05, 0) is 24.3 Å². The monoisotopic (exact) mass is 331 g/mol. The Kier molecular flexibility index (Phi) is 5.22. The Balaban J connectivity index is 1.98. The van der Waals surface area contributed by atoms with Crippen LogP contribution in [-0.2, 0) is 4.84 Å². The lowest BCUT2D eigenvalue weighted by molar-refractivity contribution is 0.0734. The molecule has 124 valence electrons. The van der Waals surface area contributed by atoms with E-state index in [-0.39, 0.29) is 0 Å². The van der Waals surface area contributed by atoms with Crippen molar-refractivity contribution >= 4 is 11.7 Å². The summed E-state index contributed by atoms with van der Waals surface area (Å²) in [4.78, 5) is 17.4. The van der Waals surface area contributed by atoms with Crippen LogP contribution in [0.25, 0.3) is 0 Å². The zero-order valence-corrected chi connectivity index (χ0v) is 13.8. The highest BCUT2D eigenvalue weighted by Gasteiger charge is 2.16. The van der Waals surface area contributed by atoms with Crippen LogP contribution in [0.2, 0.25) is 0 Å². The minimum Gasteiger partial charge on any atom is -0.422 e. The smallest absolute Gasteiger partial charge is 0.343 e. The van der Waals surface area contributed by atoms with Gasteiger partial charge in [0, 0.05) is 11.1 Å². The molecule has 0 N–H and O–H groups in total. The maximum absolute atomic E-state index is 12.4. The molecule has 0 heterocycles. The molecule has 0 saturated carbocycles. The third-order valence-electron chi connectivity index (χ3n) is 3.58. The molecule has 0 amide bonds. The van der Waals surface area contributed by atoms with Gasteiger partial charge in [-0.1, -0.05) is 65.8 Å². The summed E-state index contributed by atoms with van der Waals surface area (Å²) >= 11 is 0. The van der Waals surface area contributed by atoms with E-state index in [1.807, 2.05) is 54.6 Å². The Labute approximate surface area is 146 Å². The summed E-state index contributed by atoms with van der Waals surface area (Å²) in [6.45, 7) is 0. The first-order valence-electron chi connectivity index (χ1n) is 7.83. The molecule has 0 aromatic heterocycles. The first-order valence-corrected chi connectivity index (χ1v) is 7.83. The van der Waals surface area contributed by atoms with Crippen molar-refractivity contribution in [3.05, 3.63) is 102 Å². The molecule has 4 nitrogen and oxygen atoms in total. The lowest BCUT2D eigenvalue weighted by Gasteiger charge is -2.12. The lowest BCUT2D eigenvalue weighted by atomic mass is 10.0. The fourth-order valence-electron chi connectivity index (χ4n) is 2.43. The van der Waals surface area contributed by atoms with Crippen LogP contribution in [0.3, 0.4) is 0 Å². The van der Waals surface area contributed by atoms with E-state index < -0.39 is 5.97 Å². The molecule has 0 unspecified atom stereocenters. The number of hydrogen-bond acceptors (Lipinski definition) is 4. The van der Waals surface area contributed by atoms with Crippen LogP contribution in [0, 0.1) is 0 Å². The van der Waals surface area contributed by atoms with E-state index >= 15 is 0 Å². The van der Waals surface area contributed by atoms with Gasteiger partial charge < -0.3 is 9.57 Å². The van der Waals surface area contributed by atoms with E-state index in [9.17, 15) is 4.79 Å². The molecule has 3 rings (SSSR count). The van der Waals surface area contributed by atoms with E-state index in [1.54, 1.807) is 30.3 Å². The average molecular weight is 331 g/mol. The molecule has 0 radical (unpaired) electrons. The summed E-state index contributed by atoms with van der Waals surface area (Å²) in [6.07, 6.45) is 0. The second-order valence-electron chi connectivity index (χ2n) is 5.24. The Morgan fingerprint density at radius 2 is 1.32 bits per heavy atom. The van der Waals surface area contributed by atoms with Crippen molar-refractivity contribution in [2.45, 2.75) is 0 Å². The molecule has 0 aliphatic rings. The number of rotatable bonds is 5. The van der Waals surface area contributed by atoms with Crippen molar-refractivity contribution in [3.8, 4) is 5.75 Å². The summed E-state index contributed by atoms with van der Waals surface area (Å²) in [5.74, 6) is 0.00823.